The zero-order chi connectivity index (χ0) is 13.1. The molecule has 2 unspecified atom stereocenters. The van der Waals surface area contributed by atoms with Crippen LogP contribution in [0.25, 0.3) is 0 Å². The van der Waals surface area contributed by atoms with E-state index in [-0.39, 0.29) is 0 Å². The molecule has 3 heteroatoms. The number of nitrogens with zero attached hydrogens (tertiary/aromatic N) is 1. The fourth-order valence-corrected chi connectivity index (χ4v) is 3.18. The van der Waals surface area contributed by atoms with Gasteiger partial charge < -0.3 is 10.2 Å². The molecule has 2 N–H and O–H groups in total. The second kappa shape index (κ2) is 5.89. The van der Waals surface area contributed by atoms with Crippen LogP contribution in [0.1, 0.15) is 49.7 Å². The Kier molecular flexibility index (Phi) is 4.46. The molecule has 0 bridgehead atoms. The van der Waals surface area contributed by atoms with E-state index in [1.807, 2.05) is 6.92 Å². The van der Waals surface area contributed by atoms with Gasteiger partial charge in [0.15, 0.2) is 0 Å². The summed E-state index contributed by atoms with van der Waals surface area (Å²) in [5, 5.41) is 0. The number of nitrogens with two attached hydrogens (primary N) is 1. The van der Waals surface area contributed by atoms with Crippen molar-refractivity contribution in [1.82, 2.24) is 4.90 Å². The molecule has 1 aromatic rings. The first kappa shape index (κ1) is 13.6. The van der Waals surface area contributed by atoms with Crippen LogP contribution >= 0.6 is 0 Å². The number of hydrogen-bond acceptors (Lipinski definition) is 3. The summed E-state index contributed by atoms with van der Waals surface area (Å²) in [5.41, 5.74) is 6.91. The summed E-state index contributed by atoms with van der Waals surface area (Å²) in [6.07, 6.45) is 5.47. The molecule has 3 nitrogen and oxygen atoms in total. The van der Waals surface area contributed by atoms with Gasteiger partial charge in [-0.05, 0) is 38.8 Å². The number of aryl methyl sites for hydroxylation is 1. The predicted octanol–water partition coefficient (Wildman–Crippen LogP) is 3.06. The molecule has 2 atom stereocenters. The fourth-order valence-electron chi connectivity index (χ4n) is 3.18. The Morgan fingerprint density at radius 3 is 2.72 bits per heavy atom. The lowest BCUT2D eigenvalue weighted by molar-refractivity contribution is 0.133. The molecule has 1 aliphatic carbocycles. The average molecular weight is 250 g/mol. The minimum atomic E-state index is 0.490. The van der Waals surface area contributed by atoms with Crippen LogP contribution in [0.3, 0.4) is 0 Å². The fraction of sp³-hybridized carbons (Fsp3) is 0.733. The SMILES string of the molecule is Cc1oc(CN)cc1CN(C)C1CCCCC1C. The standard InChI is InChI=1S/C15H26N2O/c1-11-6-4-5-7-15(11)17(3)10-13-8-14(9-16)18-12(13)2/h8,11,15H,4-7,9-10,16H2,1-3H3. The second-order valence-corrected chi connectivity index (χ2v) is 5.74. The van der Waals surface area contributed by atoms with Crippen molar-refractivity contribution in [3.05, 3.63) is 23.2 Å². The van der Waals surface area contributed by atoms with Crippen molar-refractivity contribution in [2.45, 2.75) is 58.7 Å². The lowest BCUT2D eigenvalue weighted by Crippen LogP contribution is -2.38. The van der Waals surface area contributed by atoms with Crippen molar-refractivity contribution >= 4 is 0 Å². The summed E-state index contributed by atoms with van der Waals surface area (Å²) in [6.45, 7) is 5.88. The largest absolute Gasteiger partial charge is 0.465 e. The van der Waals surface area contributed by atoms with Gasteiger partial charge in [-0.25, -0.2) is 0 Å². The Morgan fingerprint density at radius 2 is 2.11 bits per heavy atom. The van der Waals surface area contributed by atoms with Gasteiger partial charge in [-0.15, -0.1) is 0 Å². The van der Waals surface area contributed by atoms with E-state index in [9.17, 15) is 0 Å². The Labute approximate surface area is 110 Å². The Hall–Kier alpha value is -0.800. The molecule has 1 fully saturated rings. The van der Waals surface area contributed by atoms with Crippen LogP contribution in [0.5, 0.6) is 0 Å². The molecule has 0 saturated heterocycles. The summed E-state index contributed by atoms with van der Waals surface area (Å²) in [5.74, 6) is 2.73. The summed E-state index contributed by atoms with van der Waals surface area (Å²) in [4.78, 5) is 2.49. The Bertz CT molecular complexity index is 386. The number of rotatable bonds is 4. The van der Waals surface area contributed by atoms with Crippen LogP contribution in [0.15, 0.2) is 10.5 Å². The van der Waals surface area contributed by atoms with E-state index in [2.05, 4.69) is 24.9 Å². The first-order valence-electron chi connectivity index (χ1n) is 7.10. The van der Waals surface area contributed by atoms with Gasteiger partial charge in [-0.1, -0.05) is 19.8 Å². The molecule has 0 spiro atoms. The maximum Gasteiger partial charge on any atom is 0.118 e. The molecule has 0 radical (unpaired) electrons. The molecule has 0 amide bonds. The first-order chi connectivity index (χ1) is 8.61. The number of furan rings is 1. The smallest absolute Gasteiger partial charge is 0.118 e. The molecule has 1 heterocycles. The summed E-state index contributed by atoms with van der Waals surface area (Å²) in [7, 11) is 2.24. The Balaban J connectivity index is 2.01. The van der Waals surface area contributed by atoms with E-state index >= 15 is 0 Å². The lowest BCUT2D eigenvalue weighted by Gasteiger charge is -2.36. The van der Waals surface area contributed by atoms with E-state index in [0.29, 0.717) is 6.54 Å². The molecule has 0 aromatic carbocycles. The van der Waals surface area contributed by atoms with E-state index in [4.69, 9.17) is 10.2 Å². The zero-order valence-corrected chi connectivity index (χ0v) is 11.9. The molecular weight excluding hydrogens is 224 g/mol. The average Bonchev–Trinajstić information content (AvgIpc) is 2.70. The molecule has 1 aliphatic rings. The van der Waals surface area contributed by atoms with Crippen molar-refractivity contribution in [2.75, 3.05) is 7.05 Å². The van der Waals surface area contributed by atoms with Crippen molar-refractivity contribution in [1.29, 1.82) is 0 Å². The molecule has 1 saturated carbocycles. The summed E-state index contributed by atoms with van der Waals surface area (Å²) in [6, 6.07) is 2.83. The summed E-state index contributed by atoms with van der Waals surface area (Å²) >= 11 is 0. The van der Waals surface area contributed by atoms with E-state index in [1.54, 1.807) is 0 Å². The third-order valence-corrected chi connectivity index (χ3v) is 4.32. The molecule has 2 rings (SSSR count). The highest BCUT2D eigenvalue weighted by atomic mass is 16.3. The first-order valence-corrected chi connectivity index (χ1v) is 7.10. The summed E-state index contributed by atoms with van der Waals surface area (Å²) < 4.78 is 5.63. The van der Waals surface area contributed by atoms with Crippen LogP contribution in [-0.4, -0.2) is 18.0 Å². The van der Waals surface area contributed by atoms with Gasteiger partial charge in [0, 0.05) is 18.2 Å². The maximum atomic E-state index is 5.63. The normalized spacial score (nSPS) is 24.7. The van der Waals surface area contributed by atoms with Crippen LogP contribution < -0.4 is 5.73 Å². The highest BCUT2D eigenvalue weighted by molar-refractivity contribution is 5.20. The molecule has 0 aliphatic heterocycles. The lowest BCUT2D eigenvalue weighted by atomic mass is 9.85. The van der Waals surface area contributed by atoms with Crippen LogP contribution in [0.4, 0.5) is 0 Å². The van der Waals surface area contributed by atoms with Crippen LogP contribution in [-0.2, 0) is 13.1 Å². The molecule has 18 heavy (non-hydrogen) atoms. The Morgan fingerprint density at radius 1 is 1.39 bits per heavy atom. The van der Waals surface area contributed by atoms with Gasteiger partial charge in [-0.3, -0.25) is 4.90 Å². The zero-order valence-electron chi connectivity index (χ0n) is 11.9. The maximum absolute atomic E-state index is 5.63. The van der Waals surface area contributed by atoms with Crippen LogP contribution in [0, 0.1) is 12.8 Å². The van der Waals surface area contributed by atoms with Crippen LogP contribution in [0.2, 0.25) is 0 Å². The van der Waals surface area contributed by atoms with Gasteiger partial charge in [0.25, 0.3) is 0 Å². The van der Waals surface area contributed by atoms with Crippen molar-refractivity contribution in [2.24, 2.45) is 11.7 Å². The van der Waals surface area contributed by atoms with Gasteiger partial charge in [0.05, 0.1) is 6.54 Å². The number of hydrogen-bond donors (Lipinski definition) is 1. The van der Waals surface area contributed by atoms with Gasteiger partial charge >= 0.3 is 0 Å². The monoisotopic (exact) mass is 250 g/mol. The van der Waals surface area contributed by atoms with Crippen molar-refractivity contribution in [3.8, 4) is 0 Å². The topological polar surface area (TPSA) is 42.4 Å². The van der Waals surface area contributed by atoms with E-state index < -0.39 is 0 Å². The van der Waals surface area contributed by atoms with Crippen molar-refractivity contribution in [3.63, 3.8) is 0 Å². The van der Waals surface area contributed by atoms with Gasteiger partial charge in [0.2, 0.25) is 0 Å². The quantitative estimate of drug-likeness (QED) is 0.893. The highest BCUT2D eigenvalue weighted by Gasteiger charge is 2.25. The molecule has 102 valence electrons. The highest BCUT2D eigenvalue weighted by Crippen LogP contribution is 2.28. The molecule has 1 aromatic heterocycles. The molecular formula is C15H26N2O. The second-order valence-electron chi connectivity index (χ2n) is 5.74. The predicted molar refractivity (Wildman–Crippen MR) is 74.2 cm³/mol. The van der Waals surface area contributed by atoms with Gasteiger partial charge in [0.1, 0.15) is 11.5 Å². The van der Waals surface area contributed by atoms with E-state index in [0.717, 1.165) is 30.0 Å². The van der Waals surface area contributed by atoms with Gasteiger partial charge in [-0.2, -0.15) is 0 Å². The third kappa shape index (κ3) is 2.96. The minimum Gasteiger partial charge on any atom is -0.465 e. The van der Waals surface area contributed by atoms with E-state index in [1.165, 1.54) is 31.2 Å². The minimum absolute atomic E-state index is 0.490. The third-order valence-electron chi connectivity index (χ3n) is 4.32. The van der Waals surface area contributed by atoms with Crippen molar-refractivity contribution < 1.29 is 4.42 Å².